The Morgan fingerprint density at radius 1 is 1.06 bits per heavy atom. The largest absolute Gasteiger partial charge is 0.469 e. The van der Waals surface area contributed by atoms with E-state index in [-0.39, 0.29) is 30.2 Å². The van der Waals surface area contributed by atoms with Crippen molar-refractivity contribution in [2.24, 2.45) is 11.7 Å². The summed E-state index contributed by atoms with van der Waals surface area (Å²) in [6.07, 6.45) is 2.09. The van der Waals surface area contributed by atoms with Crippen LogP contribution in [-0.2, 0) is 19.1 Å². The summed E-state index contributed by atoms with van der Waals surface area (Å²) in [6, 6.07) is 8.22. The quantitative estimate of drug-likeness (QED) is 0.326. The molecule has 0 saturated carbocycles. The summed E-state index contributed by atoms with van der Waals surface area (Å²) in [6.45, 7) is 11.3. The van der Waals surface area contributed by atoms with Crippen molar-refractivity contribution in [1.29, 1.82) is 5.41 Å². The van der Waals surface area contributed by atoms with Crippen molar-refractivity contribution in [3.05, 3.63) is 29.8 Å². The maximum Gasteiger partial charge on any atom is 0.320 e. The minimum Gasteiger partial charge on any atom is -0.469 e. The highest BCUT2D eigenvalue weighted by atomic mass is 16.6. The Balaban J connectivity index is 1.59. The summed E-state index contributed by atoms with van der Waals surface area (Å²) < 4.78 is 10.4. The van der Waals surface area contributed by atoms with E-state index in [2.05, 4.69) is 14.7 Å². The van der Waals surface area contributed by atoms with Crippen LogP contribution in [0.2, 0.25) is 0 Å². The number of ether oxygens (including phenoxy) is 2. The highest BCUT2D eigenvalue weighted by Crippen LogP contribution is 2.28. The number of carbonyl (C=O) groups is 2. The predicted molar refractivity (Wildman–Crippen MR) is 137 cm³/mol. The van der Waals surface area contributed by atoms with Crippen LogP contribution in [-0.4, -0.2) is 92.1 Å². The number of rotatable bonds is 8. The van der Waals surface area contributed by atoms with E-state index < -0.39 is 5.60 Å². The summed E-state index contributed by atoms with van der Waals surface area (Å²) in [7, 11) is 1.43. The first-order valence-corrected chi connectivity index (χ1v) is 12.5. The van der Waals surface area contributed by atoms with Gasteiger partial charge in [0, 0.05) is 63.0 Å². The first-order chi connectivity index (χ1) is 16.6. The van der Waals surface area contributed by atoms with Crippen molar-refractivity contribution < 1.29 is 19.1 Å². The van der Waals surface area contributed by atoms with Crippen LogP contribution < -0.4 is 10.6 Å². The van der Waals surface area contributed by atoms with Gasteiger partial charge < -0.3 is 20.1 Å². The Labute approximate surface area is 209 Å². The number of anilines is 1. The number of esters is 2. The van der Waals surface area contributed by atoms with E-state index in [1.54, 1.807) is 0 Å². The van der Waals surface area contributed by atoms with Gasteiger partial charge in [-0.1, -0.05) is 0 Å². The average molecular weight is 488 g/mol. The molecule has 2 heterocycles. The van der Waals surface area contributed by atoms with E-state index in [0.717, 1.165) is 63.4 Å². The van der Waals surface area contributed by atoms with E-state index >= 15 is 0 Å². The van der Waals surface area contributed by atoms with E-state index in [1.165, 1.54) is 7.11 Å². The average Bonchev–Trinajstić information content (AvgIpc) is 2.81. The molecule has 194 valence electrons. The van der Waals surface area contributed by atoms with Gasteiger partial charge in [-0.25, -0.2) is 0 Å². The normalized spacial score (nSPS) is 22.0. The Kier molecular flexibility index (Phi) is 9.13. The third kappa shape index (κ3) is 7.93. The molecule has 1 aromatic rings. The number of benzene rings is 1. The Morgan fingerprint density at radius 2 is 1.71 bits per heavy atom. The summed E-state index contributed by atoms with van der Waals surface area (Å²) in [4.78, 5) is 31.3. The molecule has 0 bridgehead atoms. The lowest BCUT2D eigenvalue weighted by Crippen LogP contribution is -2.57. The van der Waals surface area contributed by atoms with Gasteiger partial charge >= 0.3 is 11.9 Å². The number of nitrogens with two attached hydrogens (primary N) is 1. The molecule has 0 spiro atoms. The van der Waals surface area contributed by atoms with Crippen LogP contribution in [0, 0.1) is 11.3 Å². The molecular formula is C26H41N5O4. The van der Waals surface area contributed by atoms with Crippen LogP contribution in [0.1, 0.15) is 45.6 Å². The summed E-state index contributed by atoms with van der Waals surface area (Å²) in [5, 5.41) is 7.57. The van der Waals surface area contributed by atoms with Crippen LogP contribution in [0.5, 0.6) is 0 Å². The number of hydrogen-bond acceptors (Lipinski definition) is 8. The zero-order valence-corrected chi connectivity index (χ0v) is 21.6. The van der Waals surface area contributed by atoms with Crippen LogP contribution in [0.4, 0.5) is 5.69 Å². The first-order valence-electron chi connectivity index (χ1n) is 12.5. The van der Waals surface area contributed by atoms with Gasteiger partial charge in [0.15, 0.2) is 0 Å². The van der Waals surface area contributed by atoms with E-state index in [0.29, 0.717) is 12.5 Å². The second-order valence-electron chi connectivity index (χ2n) is 10.5. The van der Waals surface area contributed by atoms with Gasteiger partial charge in [-0.05, 0) is 63.8 Å². The molecule has 0 aromatic heterocycles. The lowest BCUT2D eigenvalue weighted by molar-refractivity contribution is -0.157. The second-order valence-corrected chi connectivity index (χ2v) is 10.5. The molecular weight excluding hydrogens is 446 g/mol. The number of hydrogen-bond donors (Lipinski definition) is 2. The Hall–Kier alpha value is -2.65. The maximum absolute atomic E-state index is 12.4. The molecule has 0 aliphatic carbocycles. The molecule has 9 nitrogen and oxygen atoms in total. The number of piperidine rings is 1. The predicted octanol–water partition coefficient (Wildman–Crippen LogP) is 2.08. The van der Waals surface area contributed by atoms with Gasteiger partial charge in [0.05, 0.1) is 13.7 Å². The second kappa shape index (κ2) is 11.9. The highest BCUT2D eigenvalue weighted by Gasteiger charge is 2.36. The molecule has 3 N–H and O–H groups in total. The molecule has 2 unspecified atom stereocenters. The third-order valence-electron chi connectivity index (χ3n) is 6.82. The summed E-state index contributed by atoms with van der Waals surface area (Å²) in [5.74, 6) is -0.0250. The lowest BCUT2D eigenvalue weighted by Gasteiger charge is -2.47. The van der Waals surface area contributed by atoms with E-state index in [9.17, 15) is 9.59 Å². The lowest BCUT2D eigenvalue weighted by atomic mass is 9.86. The van der Waals surface area contributed by atoms with Crippen molar-refractivity contribution in [2.75, 3.05) is 57.8 Å². The maximum atomic E-state index is 12.4. The zero-order chi connectivity index (χ0) is 25.6. The minimum atomic E-state index is -0.494. The first kappa shape index (κ1) is 26.9. The number of methoxy groups -OCH3 is 1. The SMILES string of the molecule is COC(=O)CCC1CN(CC(=O)OC(C)(C)C)CCC1N1CCN(c2ccc(C(=N)N)cc2)CC1. The van der Waals surface area contributed by atoms with Crippen molar-refractivity contribution in [1.82, 2.24) is 9.80 Å². The molecule has 1 aromatic carbocycles. The van der Waals surface area contributed by atoms with Gasteiger partial charge in [-0.15, -0.1) is 0 Å². The third-order valence-corrected chi connectivity index (χ3v) is 6.82. The number of carbonyl (C=O) groups excluding carboxylic acids is 2. The monoisotopic (exact) mass is 487 g/mol. The summed E-state index contributed by atoms with van der Waals surface area (Å²) >= 11 is 0. The van der Waals surface area contributed by atoms with Gasteiger partial charge in [-0.3, -0.25) is 24.8 Å². The number of nitrogens with zero attached hydrogens (tertiary/aromatic N) is 3. The smallest absolute Gasteiger partial charge is 0.320 e. The highest BCUT2D eigenvalue weighted by molar-refractivity contribution is 5.95. The molecule has 0 radical (unpaired) electrons. The van der Waals surface area contributed by atoms with Gasteiger partial charge in [0.2, 0.25) is 0 Å². The van der Waals surface area contributed by atoms with E-state index in [1.807, 2.05) is 45.0 Å². The van der Waals surface area contributed by atoms with Crippen LogP contribution in [0.15, 0.2) is 24.3 Å². The molecule has 3 rings (SSSR count). The zero-order valence-electron chi connectivity index (χ0n) is 21.6. The van der Waals surface area contributed by atoms with Crippen LogP contribution in [0.25, 0.3) is 0 Å². The Bertz CT molecular complexity index is 875. The fourth-order valence-corrected chi connectivity index (χ4v) is 5.13. The minimum absolute atomic E-state index is 0.0809. The molecule has 2 aliphatic heterocycles. The molecule has 2 aliphatic rings. The fourth-order valence-electron chi connectivity index (χ4n) is 5.13. The number of amidine groups is 1. The molecule has 9 heteroatoms. The number of nitrogen functional groups attached to an aromatic ring is 1. The molecule has 35 heavy (non-hydrogen) atoms. The van der Waals surface area contributed by atoms with Crippen molar-refractivity contribution in [3.63, 3.8) is 0 Å². The van der Waals surface area contributed by atoms with Crippen molar-refractivity contribution in [3.8, 4) is 0 Å². The number of likely N-dealkylation sites (tertiary alicyclic amines) is 1. The van der Waals surface area contributed by atoms with Crippen molar-refractivity contribution in [2.45, 2.75) is 51.7 Å². The molecule has 2 atom stereocenters. The summed E-state index contributed by atoms with van der Waals surface area (Å²) in [5.41, 5.74) is 6.96. The number of nitrogens with one attached hydrogen (secondary N) is 1. The molecule has 0 amide bonds. The van der Waals surface area contributed by atoms with Gasteiger partial charge in [0.25, 0.3) is 0 Å². The Morgan fingerprint density at radius 3 is 2.29 bits per heavy atom. The van der Waals surface area contributed by atoms with Crippen LogP contribution in [0.3, 0.4) is 0 Å². The fraction of sp³-hybridized carbons (Fsp3) is 0.654. The van der Waals surface area contributed by atoms with E-state index in [4.69, 9.17) is 20.6 Å². The van der Waals surface area contributed by atoms with Crippen molar-refractivity contribution >= 4 is 23.5 Å². The van der Waals surface area contributed by atoms with Crippen LogP contribution >= 0.6 is 0 Å². The topological polar surface area (TPSA) is 112 Å². The molecule has 2 fully saturated rings. The number of piperazine rings is 1. The molecule has 2 saturated heterocycles. The van der Waals surface area contributed by atoms with Gasteiger partial charge in [0.1, 0.15) is 11.4 Å². The van der Waals surface area contributed by atoms with Gasteiger partial charge in [-0.2, -0.15) is 0 Å². The standard InChI is InChI=1S/C26H41N5O4/c1-26(2,3)35-24(33)18-29-12-11-22(20(17-29)7-10-23(32)34-4)31-15-13-30(14-16-31)21-8-5-19(6-9-21)25(27)28/h5-6,8-9,20,22H,7,10-18H2,1-4H3,(H3,27,28).